The van der Waals surface area contributed by atoms with Crippen molar-refractivity contribution in [1.82, 2.24) is 10.2 Å². The summed E-state index contributed by atoms with van der Waals surface area (Å²) >= 11 is 0. The maximum absolute atomic E-state index is 3.49. The Hall–Kier alpha value is -1.35. The molecule has 2 nitrogen and oxygen atoms in total. The number of hydrogen-bond donors (Lipinski definition) is 1. The fourth-order valence-electron chi connectivity index (χ4n) is 3.56. The van der Waals surface area contributed by atoms with E-state index in [0.29, 0.717) is 5.41 Å². The van der Waals surface area contributed by atoms with Crippen LogP contribution in [0.2, 0.25) is 0 Å². The van der Waals surface area contributed by atoms with E-state index < -0.39 is 0 Å². The van der Waals surface area contributed by atoms with E-state index in [1.807, 2.05) is 0 Å². The lowest BCUT2D eigenvalue weighted by Gasteiger charge is -2.29. The average Bonchev–Trinajstić information content (AvgIpc) is 2.94. The van der Waals surface area contributed by atoms with Crippen LogP contribution >= 0.6 is 12.4 Å². The number of nitrogens with zero attached hydrogens (tertiary/aromatic N) is 1. The van der Waals surface area contributed by atoms with Gasteiger partial charge in [-0.25, -0.2) is 0 Å². The molecule has 1 fully saturated rings. The van der Waals surface area contributed by atoms with Crippen LogP contribution in [0.5, 0.6) is 0 Å². The minimum atomic E-state index is 0. The smallest absolute Gasteiger partial charge is 0.0237 e. The fraction of sp³-hybridized carbons (Fsp3) is 0.400. The summed E-state index contributed by atoms with van der Waals surface area (Å²) in [7, 11) is 2.24. The van der Waals surface area contributed by atoms with Crippen LogP contribution in [0.3, 0.4) is 0 Å². The van der Waals surface area contributed by atoms with Crippen molar-refractivity contribution in [3.05, 3.63) is 60.2 Å². The van der Waals surface area contributed by atoms with Crippen LogP contribution in [0.4, 0.5) is 0 Å². The van der Waals surface area contributed by atoms with Gasteiger partial charge in [-0.15, -0.1) is 12.4 Å². The van der Waals surface area contributed by atoms with E-state index in [9.17, 15) is 0 Å². The van der Waals surface area contributed by atoms with Gasteiger partial charge in [0.1, 0.15) is 0 Å². The highest BCUT2D eigenvalue weighted by molar-refractivity contribution is 5.85. The van der Waals surface area contributed by atoms with E-state index in [-0.39, 0.29) is 12.4 Å². The molecule has 1 unspecified atom stereocenters. The zero-order valence-electron chi connectivity index (χ0n) is 14.1. The molecule has 3 rings (SSSR count). The minimum absolute atomic E-state index is 0. The first-order valence-electron chi connectivity index (χ1n) is 8.19. The van der Waals surface area contributed by atoms with Crippen molar-refractivity contribution in [1.29, 1.82) is 0 Å². The van der Waals surface area contributed by atoms with Gasteiger partial charge in [-0.2, -0.15) is 0 Å². The molecule has 2 aromatic rings. The SMILES string of the molecule is CN(Cc1ccccc1-c1ccccc1)CC1(C)CCNC1.Cl. The summed E-state index contributed by atoms with van der Waals surface area (Å²) in [6, 6.07) is 19.5. The Labute approximate surface area is 146 Å². The highest BCUT2D eigenvalue weighted by atomic mass is 35.5. The van der Waals surface area contributed by atoms with Gasteiger partial charge in [-0.1, -0.05) is 61.5 Å². The predicted octanol–water partition coefficient (Wildman–Crippen LogP) is 4.21. The Morgan fingerprint density at radius 2 is 1.74 bits per heavy atom. The second kappa shape index (κ2) is 7.96. The minimum Gasteiger partial charge on any atom is -0.316 e. The second-order valence-electron chi connectivity index (χ2n) is 6.93. The largest absolute Gasteiger partial charge is 0.316 e. The molecule has 3 heteroatoms. The molecule has 23 heavy (non-hydrogen) atoms. The predicted molar refractivity (Wildman–Crippen MR) is 101 cm³/mol. The van der Waals surface area contributed by atoms with Crippen molar-refractivity contribution in [3.8, 4) is 11.1 Å². The van der Waals surface area contributed by atoms with Crippen molar-refractivity contribution in [2.24, 2.45) is 5.41 Å². The Balaban J connectivity index is 0.00000192. The summed E-state index contributed by atoms with van der Waals surface area (Å²) in [5.74, 6) is 0. The quantitative estimate of drug-likeness (QED) is 0.883. The molecule has 0 radical (unpaired) electrons. The summed E-state index contributed by atoms with van der Waals surface area (Å²) in [5, 5.41) is 3.49. The van der Waals surface area contributed by atoms with Crippen LogP contribution in [0.25, 0.3) is 11.1 Å². The van der Waals surface area contributed by atoms with Gasteiger partial charge in [0, 0.05) is 19.6 Å². The van der Waals surface area contributed by atoms with E-state index in [0.717, 1.165) is 26.2 Å². The van der Waals surface area contributed by atoms with E-state index in [1.165, 1.54) is 23.1 Å². The number of hydrogen-bond acceptors (Lipinski definition) is 2. The van der Waals surface area contributed by atoms with Crippen molar-refractivity contribution in [3.63, 3.8) is 0 Å². The molecule has 1 aliphatic rings. The maximum atomic E-state index is 3.49. The summed E-state index contributed by atoms with van der Waals surface area (Å²) in [4.78, 5) is 2.47. The second-order valence-corrected chi connectivity index (χ2v) is 6.93. The van der Waals surface area contributed by atoms with Gasteiger partial charge in [0.15, 0.2) is 0 Å². The summed E-state index contributed by atoms with van der Waals surface area (Å²) in [5.41, 5.74) is 4.48. The first kappa shape index (κ1) is 18.0. The van der Waals surface area contributed by atoms with Crippen LogP contribution in [-0.4, -0.2) is 31.6 Å². The molecule has 0 saturated carbocycles. The van der Waals surface area contributed by atoms with Crippen LogP contribution in [0.1, 0.15) is 18.9 Å². The van der Waals surface area contributed by atoms with Gasteiger partial charge in [-0.3, -0.25) is 0 Å². The molecule has 1 atom stereocenters. The van der Waals surface area contributed by atoms with Crippen molar-refractivity contribution < 1.29 is 0 Å². The molecule has 0 aliphatic carbocycles. The lowest BCUT2D eigenvalue weighted by Crippen LogP contribution is -2.34. The van der Waals surface area contributed by atoms with Crippen molar-refractivity contribution >= 4 is 12.4 Å². The highest BCUT2D eigenvalue weighted by Gasteiger charge is 2.29. The molecule has 0 amide bonds. The number of rotatable bonds is 5. The van der Waals surface area contributed by atoms with Gasteiger partial charge >= 0.3 is 0 Å². The maximum Gasteiger partial charge on any atom is 0.0237 e. The Morgan fingerprint density at radius 3 is 2.43 bits per heavy atom. The molecule has 1 saturated heterocycles. The summed E-state index contributed by atoms with van der Waals surface area (Å²) in [6.45, 7) is 6.83. The molecule has 0 aromatic heterocycles. The van der Waals surface area contributed by atoms with Crippen LogP contribution in [-0.2, 0) is 6.54 Å². The third-order valence-corrected chi connectivity index (χ3v) is 4.65. The summed E-state index contributed by atoms with van der Waals surface area (Å²) in [6.07, 6.45) is 1.28. The van der Waals surface area contributed by atoms with Gasteiger partial charge in [0.05, 0.1) is 0 Å². The molecule has 1 heterocycles. The number of benzene rings is 2. The number of halogens is 1. The third-order valence-electron chi connectivity index (χ3n) is 4.65. The summed E-state index contributed by atoms with van der Waals surface area (Å²) < 4.78 is 0. The molecule has 124 valence electrons. The van der Waals surface area contributed by atoms with Gasteiger partial charge in [-0.05, 0) is 42.1 Å². The Kier molecular flexibility index (Phi) is 6.23. The molecular formula is C20H27ClN2. The number of nitrogens with one attached hydrogen (secondary N) is 1. The molecule has 0 bridgehead atoms. The zero-order chi connectivity index (χ0) is 15.4. The average molecular weight is 331 g/mol. The van der Waals surface area contributed by atoms with Gasteiger partial charge in [0.25, 0.3) is 0 Å². The van der Waals surface area contributed by atoms with E-state index in [1.54, 1.807) is 0 Å². The normalized spacial score (nSPS) is 20.5. The van der Waals surface area contributed by atoms with Crippen LogP contribution in [0, 0.1) is 5.41 Å². The molecule has 1 N–H and O–H groups in total. The monoisotopic (exact) mass is 330 g/mol. The highest BCUT2D eigenvalue weighted by Crippen LogP contribution is 2.28. The molecule has 1 aliphatic heterocycles. The van der Waals surface area contributed by atoms with Crippen LogP contribution in [0.15, 0.2) is 54.6 Å². The molecule has 2 aromatic carbocycles. The molecule has 0 spiro atoms. The van der Waals surface area contributed by atoms with Crippen LogP contribution < -0.4 is 5.32 Å². The zero-order valence-corrected chi connectivity index (χ0v) is 14.9. The first-order valence-corrected chi connectivity index (χ1v) is 8.19. The van der Waals surface area contributed by atoms with Gasteiger partial charge in [0.2, 0.25) is 0 Å². The van der Waals surface area contributed by atoms with E-state index in [2.05, 4.69) is 78.8 Å². The van der Waals surface area contributed by atoms with Gasteiger partial charge < -0.3 is 10.2 Å². The topological polar surface area (TPSA) is 15.3 Å². The Bertz CT molecular complexity index is 606. The fourth-order valence-corrected chi connectivity index (χ4v) is 3.56. The first-order chi connectivity index (χ1) is 10.7. The third kappa shape index (κ3) is 4.57. The lowest BCUT2D eigenvalue weighted by atomic mass is 9.89. The lowest BCUT2D eigenvalue weighted by molar-refractivity contribution is 0.203. The van der Waals surface area contributed by atoms with Crippen molar-refractivity contribution in [2.75, 3.05) is 26.7 Å². The van der Waals surface area contributed by atoms with E-state index >= 15 is 0 Å². The van der Waals surface area contributed by atoms with E-state index in [4.69, 9.17) is 0 Å². The standard InChI is InChI=1S/C20H26N2.ClH/c1-20(12-13-21-15-20)16-22(2)14-18-10-6-7-11-19(18)17-8-4-3-5-9-17;/h3-11,21H,12-16H2,1-2H3;1H. The van der Waals surface area contributed by atoms with Crippen molar-refractivity contribution in [2.45, 2.75) is 19.9 Å². The molecular weight excluding hydrogens is 304 g/mol. The Morgan fingerprint density at radius 1 is 1.04 bits per heavy atom.